The van der Waals surface area contributed by atoms with Gasteiger partial charge in [-0.05, 0) is 43.6 Å². The molecule has 0 unspecified atom stereocenters. The van der Waals surface area contributed by atoms with Crippen LogP contribution in [0.4, 0.5) is 0 Å². The fraction of sp³-hybridized carbons (Fsp3) is 0.778. The van der Waals surface area contributed by atoms with Crippen LogP contribution in [0.2, 0.25) is 0 Å². The van der Waals surface area contributed by atoms with Gasteiger partial charge in [0, 0.05) is 32.1 Å². The van der Waals surface area contributed by atoms with Crippen LogP contribution >= 0.6 is 0 Å². The Hall–Kier alpha value is -1.32. The number of likely N-dealkylation sites (tertiary alicyclic amines) is 2. The van der Waals surface area contributed by atoms with Crippen molar-refractivity contribution in [3.63, 3.8) is 0 Å². The highest BCUT2D eigenvalue weighted by molar-refractivity contribution is 5.87. The molecule has 2 heterocycles. The molecule has 3 fully saturated rings. The van der Waals surface area contributed by atoms with E-state index in [0.717, 1.165) is 25.9 Å². The summed E-state index contributed by atoms with van der Waals surface area (Å²) in [5, 5.41) is 0. The van der Waals surface area contributed by atoms with Gasteiger partial charge in [-0.15, -0.1) is 0 Å². The molecule has 0 aromatic rings. The van der Waals surface area contributed by atoms with Crippen LogP contribution in [-0.2, 0) is 9.59 Å². The third-order valence-electron chi connectivity index (χ3n) is 5.99. The van der Waals surface area contributed by atoms with Crippen molar-refractivity contribution in [3.8, 4) is 0 Å². The minimum atomic E-state index is -0.00627. The van der Waals surface area contributed by atoms with E-state index in [1.54, 1.807) is 0 Å². The van der Waals surface area contributed by atoms with Crippen molar-refractivity contribution >= 4 is 11.8 Å². The number of piperidine rings is 1. The number of amides is 2. The van der Waals surface area contributed by atoms with Gasteiger partial charge in [0.1, 0.15) is 0 Å². The van der Waals surface area contributed by atoms with Gasteiger partial charge in [0.05, 0.1) is 0 Å². The normalized spacial score (nSPS) is 25.5. The molecule has 0 N–H and O–H groups in total. The molecule has 3 aliphatic rings. The fourth-order valence-corrected chi connectivity index (χ4v) is 4.57. The number of nitrogens with zero attached hydrogens (tertiary/aromatic N) is 2. The molecule has 3 rings (SSSR count). The molecule has 0 bridgehead atoms. The number of carbonyl (C=O) groups is 2. The zero-order valence-corrected chi connectivity index (χ0v) is 13.6. The van der Waals surface area contributed by atoms with Crippen LogP contribution < -0.4 is 0 Å². The Morgan fingerprint density at radius 1 is 0.955 bits per heavy atom. The predicted octanol–water partition coefficient (Wildman–Crippen LogP) is 2.59. The van der Waals surface area contributed by atoms with Gasteiger partial charge in [0.15, 0.2) is 0 Å². The van der Waals surface area contributed by atoms with Crippen molar-refractivity contribution in [2.45, 2.75) is 51.4 Å². The third kappa shape index (κ3) is 3.06. The molecule has 0 aromatic heterocycles. The first-order chi connectivity index (χ1) is 10.6. The van der Waals surface area contributed by atoms with E-state index in [4.69, 9.17) is 0 Å². The number of hydrogen-bond donors (Lipinski definition) is 0. The van der Waals surface area contributed by atoms with E-state index in [0.29, 0.717) is 24.4 Å². The Kier molecular flexibility index (Phi) is 4.55. The monoisotopic (exact) mass is 304 g/mol. The Bertz CT molecular complexity index is 446. The molecule has 4 heteroatoms. The molecule has 0 atom stereocenters. The van der Waals surface area contributed by atoms with Crippen LogP contribution in [0.5, 0.6) is 0 Å². The second-order valence-electron chi connectivity index (χ2n) is 7.37. The van der Waals surface area contributed by atoms with Crippen molar-refractivity contribution in [2.75, 3.05) is 26.2 Å². The second-order valence-corrected chi connectivity index (χ2v) is 7.37. The lowest BCUT2D eigenvalue weighted by Gasteiger charge is -2.35. The molecule has 4 nitrogen and oxygen atoms in total. The molecule has 22 heavy (non-hydrogen) atoms. The number of hydrogen-bond acceptors (Lipinski definition) is 2. The van der Waals surface area contributed by atoms with E-state index < -0.39 is 0 Å². The van der Waals surface area contributed by atoms with Crippen LogP contribution in [0.1, 0.15) is 51.4 Å². The summed E-state index contributed by atoms with van der Waals surface area (Å²) in [4.78, 5) is 28.3. The Balaban J connectivity index is 1.53. The smallest absolute Gasteiger partial charge is 0.245 e. The molecular weight excluding hydrogens is 276 g/mol. The van der Waals surface area contributed by atoms with Gasteiger partial charge >= 0.3 is 0 Å². The number of carbonyl (C=O) groups excluding carboxylic acids is 2. The van der Waals surface area contributed by atoms with E-state index in [2.05, 4.69) is 11.5 Å². The molecule has 122 valence electrons. The van der Waals surface area contributed by atoms with Crippen LogP contribution in [-0.4, -0.2) is 47.8 Å². The SMILES string of the molecule is C=CC(=O)N1CCC(C(=O)N2CCC3(CCCCC3)C2)CC1. The first-order valence-corrected chi connectivity index (χ1v) is 8.84. The zero-order chi connectivity index (χ0) is 15.6. The molecule has 2 amide bonds. The maximum absolute atomic E-state index is 12.8. The zero-order valence-electron chi connectivity index (χ0n) is 13.6. The summed E-state index contributed by atoms with van der Waals surface area (Å²) < 4.78 is 0. The Labute approximate surface area is 133 Å². The Morgan fingerprint density at radius 2 is 1.64 bits per heavy atom. The summed E-state index contributed by atoms with van der Waals surface area (Å²) >= 11 is 0. The van der Waals surface area contributed by atoms with Crippen molar-refractivity contribution < 1.29 is 9.59 Å². The van der Waals surface area contributed by atoms with Crippen LogP contribution in [0.3, 0.4) is 0 Å². The maximum Gasteiger partial charge on any atom is 0.245 e. The molecule has 1 saturated carbocycles. The van der Waals surface area contributed by atoms with Gasteiger partial charge in [-0.25, -0.2) is 0 Å². The lowest BCUT2D eigenvalue weighted by Crippen LogP contribution is -2.44. The molecule has 2 saturated heterocycles. The highest BCUT2D eigenvalue weighted by atomic mass is 16.2. The van der Waals surface area contributed by atoms with Crippen molar-refractivity contribution in [1.82, 2.24) is 9.80 Å². The van der Waals surface area contributed by atoms with Gasteiger partial charge in [-0.1, -0.05) is 25.8 Å². The molecule has 1 spiro atoms. The molecular formula is C18H28N2O2. The minimum absolute atomic E-state index is 0.00627. The van der Waals surface area contributed by atoms with Gasteiger partial charge in [-0.2, -0.15) is 0 Å². The van der Waals surface area contributed by atoms with Gasteiger partial charge in [0.2, 0.25) is 11.8 Å². The summed E-state index contributed by atoms with van der Waals surface area (Å²) in [6.45, 7) is 6.86. The summed E-state index contributed by atoms with van der Waals surface area (Å²) in [6, 6.07) is 0. The second kappa shape index (κ2) is 6.43. The van der Waals surface area contributed by atoms with Crippen LogP contribution in [0.25, 0.3) is 0 Å². The van der Waals surface area contributed by atoms with Gasteiger partial charge < -0.3 is 9.80 Å². The first-order valence-electron chi connectivity index (χ1n) is 8.84. The molecule has 1 aliphatic carbocycles. The summed E-state index contributed by atoms with van der Waals surface area (Å²) in [7, 11) is 0. The fourth-order valence-electron chi connectivity index (χ4n) is 4.57. The lowest BCUT2D eigenvalue weighted by atomic mass is 9.73. The van der Waals surface area contributed by atoms with Crippen molar-refractivity contribution in [3.05, 3.63) is 12.7 Å². The summed E-state index contributed by atoms with van der Waals surface area (Å²) in [6.07, 6.45) is 10.8. The number of rotatable bonds is 2. The summed E-state index contributed by atoms with van der Waals surface area (Å²) in [5.74, 6) is 0.453. The highest BCUT2D eigenvalue weighted by Crippen LogP contribution is 2.44. The van der Waals surface area contributed by atoms with E-state index in [1.807, 2.05) is 4.90 Å². The van der Waals surface area contributed by atoms with Gasteiger partial charge in [0.25, 0.3) is 0 Å². The lowest BCUT2D eigenvalue weighted by molar-refractivity contribution is -0.138. The van der Waals surface area contributed by atoms with Gasteiger partial charge in [-0.3, -0.25) is 9.59 Å². The molecule has 0 aromatic carbocycles. The highest BCUT2D eigenvalue weighted by Gasteiger charge is 2.42. The first kappa shape index (κ1) is 15.6. The molecule has 2 aliphatic heterocycles. The van der Waals surface area contributed by atoms with E-state index in [-0.39, 0.29) is 11.8 Å². The minimum Gasteiger partial charge on any atom is -0.342 e. The predicted molar refractivity (Wildman–Crippen MR) is 86.2 cm³/mol. The topological polar surface area (TPSA) is 40.6 Å². The van der Waals surface area contributed by atoms with E-state index in [9.17, 15) is 9.59 Å². The third-order valence-corrected chi connectivity index (χ3v) is 5.99. The Morgan fingerprint density at radius 3 is 2.27 bits per heavy atom. The maximum atomic E-state index is 12.8. The van der Waals surface area contributed by atoms with E-state index >= 15 is 0 Å². The standard InChI is InChI=1S/C18H28N2O2/c1-2-16(21)19-11-6-15(7-12-19)17(22)20-13-10-18(14-20)8-4-3-5-9-18/h2,15H,1,3-14H2. The quantitative estimate of drug-likeness (QED) is 0.736. The van der Waals surface area contributed by atoms with Crippen molar-refractivity contribution in [1.29, 1.82) is 0 Å². The largest absolute Gasteiger partial charge is 0.342 e. The van der Waals surface area contributed by atoms with Crippen LogP contribution in [0, 0.1) is 11.3 Å². The summed E-state index contributed by atoms with van der Waals surface area (Å²) in [5.41, 5.74) is 0.438. The van der Waals surface area contributed by atoms with Crippen LogP contribution in [0.15, 0.2) is 12.7 Å². The average molecular weight is 304 g/mol. The molecule has 0 radical (unpaired) electrons. The van der Waals surface area contributed by atoms with Crippen molar-refractivity contribution in [2.24, 2.45) is 11.3 Å². The van der Waals surface area contributed by atoms with E-state index in [1.165, 1.54) is 44.6 Å². The average Bonchev–Trinajstić information content (AvgIpc) is 2.97.